The highest BCUT2D eigenvalue weighted by atomic mass is 79.9. The number of hydrogen-bond donors (Lipinski definition) is 1. The SMILES string of the molecule is OC(c1ccccc1Br)C(F)(F)C(F)(F)C(F)(F)C(F)(F)C(F)(F)F. The van der Waals surface area contributed by atoms with E-state index in [0.29, 0.717) is 6.07 Å². The van der Waals surface area contributed by atoms with Crippen LogP contribution >= 0.6 is 15.9 Å². The molecule has 0 fully saturated rings. The predicted molar refractivity (Wildman–Crippen MR) is 64.9 cm³/mol. The van der Waals surface area contributed by atoms with Crippen LogP contribution in [0.3, 0.4) is 0 Å². The fourth-order valence-electron chi connectivity index (χ4n) is 1.65. The van der Waals surface area contributed by atoms with Gasteiger partial charge in [0.2, 0.25) is 0 Å². The third kappa shape index (κ3) is 3.20. The van der Waals surface area contributed by atoms with Crippen molar-refractivity contribution in [1.82, 2.24) is 0 Å². The topological polar surface area (TPSA) is 20.2 Å². The normalized spacial score (nSPS) is 16.0. The second-order valence-corrected chi connectivity index (χ2v) is 5.62. The first kappa shape index (κ1) is 21.9. The van der Waals surface area contributed by atoms with Crippen molar-refractivity contribution in [3.63, 3.8) is 0 Å². The fraction of sp³-hybridized carbons (Fsp3) is 0.500. The predicted octanol–water partition coefficient (Wildman–Crippen LogP) is 5.59. The number of rotatable bonds is 5. The molecule has 0 aliphatic heterocycles. The lowest BCUT2D eigenvalue weighted by molar-refractivity contribution is -0.429. The molecule has 0 radical (unpaired) electrons. The molecule has 1 unspecified atom stereocenters. The molecule has 0 aliphatic carbocycles. The maximum Gasteiger partial charge on any atom is 0.460 e. The number of benzene rings is 1. The van der Waals surface area contributed by atoms with Crippen molar-refractivity contribution in [2.75, 3.05) is 0 Å². The van der Waals surface area contributed by atoms with E-state index in [0.717, 1.165) is 18.2 Å². The molecule has 144 valence electrons. The Morgan fingerprint density at radius 1 is 0.720 bits per heavy atom. The van der Waals surface area contributed by atoms with E-state index < -0.39 is 46.0 Å². The van der Waals surface area contributed by atoms with Crippen LogP contribution in [0, 0.1) is 0 Å². The van der Waals surface area contributed by atoms with Gasteiger partial charge in [0.05, 0.1) is 0 Å². The second kappa shape index (κ2) is 6.25. The largest absolute Gasteiger partial charge is 0.460 e. The molecule has 1 N–H and O–H groups in total. The Morgan fingerprint density at radius 3 is 1.56 bits per heavy atom. The van der Waals surface area contributed by atoms with E-state index in [2.05, 4.69) is 15.9 Å². The Balaban J connectivity index is 3.46. The summed E-state index contributed by atoms with van der Waals surface area (Å²) in [6.45, 7) is 0. The average Bonchev–Trinajstić information content (AvgIpc) is 2.45. The van der Waals surface area contributed by atoms with Crippen molar-refractivity contribution >= 4 is 15.9 Å². The Hall–Kier alpha value is -1.11. The van der Waals surface area contributed by atoms with Crippen LogP contribution in [0.1, 0.15) is 11.7 Å². The molecule has 1 rings (SSSR count). The Kier molecular flexibility index (Phi) is 5.48. The molecule has 1 atom stereocenters. The lowest BCUT2D eigenvalue weighted by atomic mass is 9.91. The number of hydrogen-bond acceptors (Lipinski definition) is 1. The van der Waals surface area contributed by atoms with Gasteiger partial charge >= 0.3 is 29.9 Å². The first-order chi connectivity index (χ1) is 10.9. The van der Waals surface area contributed by atoms with Gasteiger partial charge in [0.25, 0.3) is 0 Å². The van der Waals surface area contributed by atoms with E-state index >= 15 is 0 Å². The van der Waals surface area contributed by atoms with Gasteiger partial charge in [0.1, 0.15) is 0 Å². The summed E-state index contributed by atoms with van der Waals surface area (Å²) in [7, 11) is 0. The second-order valence-electron chi connectivity index (χ2n) is 4.77. The van der Waals surface area contributed by atoms with Crippen LogP contribution in [0.5, 0.6) is 0 Å². The van der Waals surface area contributed by atoms with Crippen molar-refractivity contribution in [2.24, 2.45) is 0 Å². The smallest absolute Gasteiger partial charge is 0.382 e. The molecule has 0 saturated carbocycles. The van der Waals surface area contributed by atoms with E-state index in [1.165, 1.54) is 0 Å². The summed E-state index contributed by atoms with van der Waals surface area (Å²) >= 11 is 2.52. The molecule has 0 saturated heterocycles. The highest BCUT2D eigenvalue weighted by Gasteiger charge is 2.88. The van der Waals surface area contributed by atoms with Crippen molar-refractivity contribution in [1.29, 1.82) is 0 Å². The maximum absolute atomic E-state index is 13.7. The van der Waals surface area contributed by atoms with Crippen LogP contribution < -0.4 is 0 Å². The summed E-state index contributed by atoms with van der Waals surface area (Å²) < 4.78 is 141. The van der Waals surface area contributed by atoms with Gasteiger partial charge in [-0.05, 0) is 6.07 Å². The summed E-state index contributed by atoms with van der Waals surface area (Å²) in [5.41, 5.74) is -1.13. The first-order valence-electron chi connectivity index (χ1n) is 5.93. The summed E-state index contributed by atoms with van der Waals surface area (Å²) in [4.78, 5) is 0. The quantitative estimate of drug-likeness (QED) is 0.575. The minimum atomic E-state index is -7.55. The van der Waals surface area contributed by atoms with Crippen LogP contribution in [0.4, 0.5) is 48.3 Å². The molecule has 13 heteroatoms. The lowest BCUT2D eigenvalue weighted by Crippen LogP contribution is -2.67. The van der Waals surface area contributed by atoms with Gasteiger partial charge in [0.15, 0.2) is 6.10 Å². The van der Waals surface area contributed by atoms with E-state index in [1.807, 2.05) is 0 Å². The zero-order valence-electron chi connectivity index (χ0n) is 11.4. The third-order valence-electron chi connectivity index (χ3n) is 3.11. The highest BCUT2D eigenvalue weighted by molar-refractivity contribution is 9.10. The van der Waals surface area contributed by atoms with Gasteiger partial charge in [-0.3, -0.25) is 0 Å². The number of aliphatic hydroxyl groups excluding tert-OH is 1. The molecule has 1 aromatic carbocycles. The van der Waals surface area contributed by atoms with Crippen LogP contribution in [0.2, 0.25) is 0 Å². The molecule has 0 amide bonds. The van der Waals surface area contributed by atoms with Gasteiger partial charge < -0.3 is 5.11 Å². The van der Waals surface area contributed by atoms with Crippen LogP contribution in [0.15, 0.2) is 28.7 Å². The third-order valence-corrected chi connectivity index (χ3v) is 3.83. The summed E-state index contributed by atoms with van der Waals surface area (Å²) in [5, 5.41) is 9.28. The number of alkyl halides is 11. The Labute approximate surface area is 140 Å². The first-order valence-corrected chi connectivity index (χ1v) is 6.72. The van der Waals surface area contributed by atoms with E-state index in [-0.39, 0.29) is 0 Å². The number of aliphatic hydroxyl groups is 1. The molecule has 0 heterocycles. The van der Waals surface area contributed by atoms with Crippen molar-refractivity contribution in [2.45, 2.75) is 36.0 Å². The Bertz CT molecular complexity index is 626. The van der Waals surface area contributed by atoms with Crippen molar-refractivity contribution in [3.05, 3.63) is 34.3 Å². The lowest BCUT2D eigenvalue weighted by Gasteiger charge is -2.38. The van der Waals surface area contributed by atoms with Gasteiger partial charge in [-0.2, -0.15) is 48.3 Å². The van der Waals surface area contributed by atoms with Gasteiger partial charge in [-0.15, -0.1) is 0 Å². The van der Waals surface area contributed by atoms with Crippen LogP contribution in [-0.2, 0) is 0 Å². The molecule has 0 bridgehead atoms. The molecule has 1 nitrogen and oxygen atoms in total. The van der Waals surface area contributed by atoms with Crippen LogP contribution in [0.25, 0.3) is 0 Å². The minimum Gasteiger partial charge on any atom is -0.382 e. The van der Waals surface area contributed by atoms with Gasteiger partial charge in [-0.1, -0.05) is 34.1 Å². The maximum atomic E-state index is 13.7. The summed E-state index contributed by atoms with van der Waals surface area (Å²) in [5.74, 6) is -28.7. The van der Waals surface area contributed by atoms with Gasteiger partial charge in [0, 0.05) is 10.0 Å². The molecule has 25 heavy (non-hydrogen) atoms. The van der Waals surface area contributed by atoms with E-state index in [1.54, 1.807) is 0 Å². The van der Waals surface area contributed by atoms with Crippen LogP contribution in [-0.4, -0.2) is 35.0 Å². The van der Waals surface area contributed by atoms with Crippen molar-refractivity contribution < 1.29 is 53.4 Å². The zero-order chi connectivity index (χ0) is 20.1. The van der Waals surface area contributed by atoms with E-state index in [4.69, 9.17) is 0 Å². The minimum absolute atomic E-state index is 0.496. The average molecular weight is 455 g/mol. The standard InChI is InChI=1S/C12H6BrF11O/c13-6-4-2-1-3-5(6)7(25)8(14,15)9(16,17)10(18,19)11(20,21)12(22,23)24/h1-4,7,25H. The Morgan fingerprint density at radius 2 is 1.16 bits per heavy atom. The molecule has 0 aromatic heterocycles. The fourth-order valence-corrected chi connectivity index (χ4v) is 2.15. The highest BCUT2D eigenvalue weighted by Crippen LogP contribution is 2.59. The molecule has 0 aliphatic rings. The van der Waals surface area contributed by atoms with Crippen molar-refractivity contribution in [3.8, 4) is 0 Å². The zero-order valence-corrected chi connectivity index (χ0v) is 13.0. The van der Waals surface area contributed by atoms with E-state index in [9.17, 15) is 53.4 Å². The molecular weight excluding hydrogens is 449 g/mol. The number of halogens is 12. The monoisotopic (exact) mass is 454 g/mol. The molecule has 0 spiro atoms. The molecule has 1 aromatic rings. The van der Waals surface area contributed by atoms with Gasteiger partial charge in [-0.25, -0.2) is 0 Å². The summed E-state index contributed by atoms with van der Waals surface area (Å²) in [6, 6.07) is 3.51. The summed E-state index contributed by atoms with van der Waals surface area (Å²) in [6.07, 6.45) is -11.1. The molecular formula is C12H6BrF11O.